The minimum atomic E-state index is -3.16. The number of nitrogens with zero attached hydrogens (tertiary/aromatic N) is 5. The monoisotopic (exact) mass is 484 g/mol. The Morgan fingerprint density at radius 3 is 2.74 bits per heavy atom. The number of anilines is 2. The number of alkyl halides is 2. The summed E-state index contributed by atoms with van der Waals surface area (Å²) in [5, 5.41) is 8.25. The number of nitrogens with one attached hydrogen (secondary N) is 1. The number of rotatable bonds is 6. The minimum Gasteiger partial charge on any atom is -0.490 e. The Hall–Kier alpha value is -3.34. The number of fused-ring (bicyclic) bond motifs is 3. The van der Waals surface area contributed by atoms with Gasteiger partial charge >= 0.3 is 0 Å². The molecule has 1 N–H and O–H groups in total. The number of aromatic nitrogens is 4. The number of halogens is 2. The molecule has 2 aliphatic heterocycles. The number of hydrogen-bond donors (Lipinski definition) is 1. The predicted octanol–water partition coefficient (Wildman–Crippen LogP) is 3.79. The average Bonchev–Trinajstić information content (AvgIpc) is 3.49. The van der Waals surface area contributed by atoms with Gasteiger partial charge < -0.3 is 19.7 Å². The number of pyridine rings is 2. The number of morpholine rings is 1. The van der Waals surface area contributed by atoms with Crippen LogP contribution in [0.2, 0.25) is 0 Å². The highest BCUT2D eigenvalue weighted by Gasteiger charge is 2.41. The first-order valence-electron chi connectivity index (χ1n) is 11.9. The van der Waals surface area contributed by atoms with Crippen molar-refractivity contribution in [2.75, 3.05) is 23.4 Å². The summed E-state index contributed by atoms with van der Waals surface area (Å²) in [4.78, 5) is 22.5. The van der Waals surface area contributed by atoms with Crippen molar-refractivity contribution in [1.82, 2.24) is 19.7 Å². The molecule has 1 amide bonds. The van der Waals surface area contributed by atoms with Gasteiger partial charge in [0, 0.05) is 44.8 Å². The minimum absolute atomic E-state index is 0.0178. The zero-order chi connectivity index (χ0) is 24.3. The van der Waals surface area contributed by atoms with Gasteiger partial charge in [-0.25, -0.2) is 14.6 Å². The highest BCUT2D eigenvalue weighted by Crippen LogP contribution is 2.38. The van der Waals surface area contributed by atoms with Crippen molar-refractivity contribution in [1.29, 1.82) is 0 Å². The number of amides is 1. The summed E-state index contributed by atoms with van der Waals surface area (Å²) in [6.07, 6.45) is 5.59. The Balaban J connectivity index is 1.50. The first kappa shape index (κ1) is 22.1. The summed E-state index contributed by atoms with van der Waals surface area (Å²) in [6, 6.07) is 4.82. The third kappa shape index (κ3) is 4.07. The van der Waals surface area contributed by atoms with Gasteiger partial charge in [-0.1, -0.05) is 0 Å². The Morgan fingerprint density at radius 2 is 2.11 bits per heavy atom. The van der Waals surface area contributed by atoms with Crippen LogP contribution in [0.1, 0.15) is 45.2 Å². The quantitative estimate of drug-likeness (QED) is 0.569. The van der Waals surface area contributed by atoms with Crippen LogP contribution >= 0.6 is 0 Å². The Bertz CT molecular complexity index is 1300. The molecule has 3 aromatic rings. The van der Waals surface area contributed by atoms with Crippen molar-refractivity contribution in [2.24, 2.45) is 0 Å². The van der Waals surface area contributed by atoms with Crippen molar-refractivity contribution in [3.63, 3.8) is 0 Å². The summed E-state index contributed by atoms with van der Waals surface area (Å²) in [5.41, 5.74) is 0.209. The fourth-order valence-corrected chi connectivity index (χ4v) is 4.86. The third-order valence-electron chi connectivity index (χ3n) is 6.83. The van der Waals surface area contributed by atoms with Crippen molar-refractivity contribution in [2.45, 2.75) is 63.7 Å². The molecule has 35 heavy (non-hydrogen) atoms. The molecule has 2 atom stereocenters. The number of ether oxygens (including phenoxy) is 2. The molecule has 11 heteroatoms. The first-order valence-corrected chi connectivity index (χ1v) is 11.9. The van der Waals surface area contributed by atoms with E-state index in [1.54, 1.807) is 18.3 Å². The lowest BCUT2D eigenvalue weighted by Crippen LogP contribution is -2.37. The lowest BCUT2D eigenvalue weighted by Gasteiger charge is -2.27. The maximum absolute atomic E-state index is 14.4. The summed E-state index contributed by atoms with van der Waals surface area (Å²) in [5.74, 6) is -1.84. The van der Waals surface area contributed by atoms with Crippen molar-refractivity contribution in [3.05, 3.63) is 30.1 Å². The second-order valence-electron chi connectivity index (χ2n) is 9.61. The maximum Gasteiger partial charge on any atom is 0.287 e. The van der Waals surface area contributed by atoms with Crippen molar-refractivity contribution < 1.29 is 23.0 Å². The van der Waals surface area contributed by atoms with Crippen LogP contribution in [0.4, 0.5) is 20.4 Å². The molecule has 3 fully saturated rings. The Kier molecular flexibility index (Phi) is 5.13. The van der Waals surface area contributed by atoms with E-state index >= 15 is 0 Å². The number of hydrogen-bond acceptors (Lipinski definition) is 7. The molecule has 3 aromatic heterocycles. The fourth-order valence-electron chi connectivity index (χ4n) is 4.86. The van der Waals surface area contributed by atoms with Crippen LogP contribution in [0.15, 0.2) is 24.4 Å². The van der Waals surface area contributed by atoms with Gasteiger partial charge in [-0.2, -0.15) is 8.78 Å². The lowest BCUT2D eigenvalue weighted by atomic mass is 9.96. The SMILES string of the molecule is CC(=O)Nc1cc2c(cn1)c(N1CC3CC1CO3)nn2-c1cc(OC2CCC2)cc(C(C)(F)F)n1. The molecule has 2 unspecified atom stereocenters. The van der Waals surface area contributed by atoms with Crippen molar-refractivity contribution in [3.8, 4) is 11.6 Å². The molecular weight excluding hydrogens is 458 g/mol. The molecule has 3 aliphatic rings. The van der Waals surface area contributed by atoms with Gasteiger partial charge in [0.25, 0.3) is 5.92 Å². The van der Waals surface area contributed by atoms with Crippen LogP contribution in [0.3, 0.4) is 0 Å². The van der Waals surface area contributed by atoms with Crippen LogP contribution in [0.5, 0.6) is 5.75 Å². The van der Waals surface area contributed by atoms with E-state index in [-0.39, 0.29) is 35.7 Å². The van der Waals surface area contributed by atoms with Gasteiger partial charge in [0.1, 0.15) is 17.3 Å². The molecule has 0 aromatic carbocycles. The van der Waals surface area contributed by atoms with Crippen LogP contribution in [-0.2, 0) is 15.5 Å². The molecule has 5 heterocycles. The summed E-state index contributed by atoms with van der Waals surface area (Å²) >= 11 is 0. The third-order valence-corrected chi connectivity index (χ3v) is 6.83. The smallest absolute Gasteiger partial charge is 0.287 e. The van der Waals surface area contributed by atoms with E-state index in [4.69, 9.17) is 14.6 Å². The summed E-state index contributed by atoms with van der Waals surface area (Å²) in [7, 11) is 0. The van der Waals surface area contributed by atoms with Gasteiger partial charge in [-0.05, 0) is 25.7 Å². The van der Waals surface area contributed by atoms with Gasteiger partial charge in [-0.15, -0.1) is 5.10 Å². The average molecular weight is 485 g/mol. The van der Waals surface area contributed by atoms with E-state index in [2.05, 4.69) is 20.2 Å². The zero-order valence-corrected chi connectivity index (χ0v) is 19.5. The summed E-state index contributed by atoms with van der Waals surface area (Å²) < 4.78 is 42.1. The van der Waals surface area contributed by atoms with Crippen molar-refractivity contribution >= 4 is 28.4 Å². The Labute approximate surface area is 200 Å². The van der Waals surface area contributed by atoms with E-state index in [0.717, 1.165) is 38.0 Å². The largest absolute Gasteiger partial charge is 0.490 e. The van der Waals surface area contributed by atoms with Gasteiger partial charge in [0.05, 0.1) is 35.8 Å². The summed E-state index contributed by atoms with van der Waals surface area (Å²) in [6.45, 7) is 3.53. The van der Waals surface area contributed by atoms with E-state index in [1.165, 1.54) is 17.7 Å². The molecule has 184 valence electrons. The molecular formula is C24H26F2N6O3. The van der Waals surface area contributed by atoms with E-state index < -0.39 is 5.92 Å². The zero-order valence-electron chi connectivity index (χ0n) is 19.5. The lowest BCUT2D eigenvalue weighted by molar-refractivity contribution is -0.114. The second kappa shape index (κ2) is 8.11. The molecule has 0 radical (unpaired) electrons. The van der Waals surface area contributed by atoms with Gasteiger partial charge in [0.15, 0.2) is 11.6 Å². The molecule has 2 saturated heterocycles. The van der Waals surface area contributed by atoms with E-state index in [1.807, 2.05) is 0 Å². The molecule has 1 saturated carbocycles. The van der Waals surface area contributed by atoms with Crippen LogP contribution in [-0.4, -0.2) is 57.1 Å². The topological polar surface area (TPSA) is 94.4 Å². The molecule has 2 bridgehead atoms. The van der Waals surface area contributed by atoms with Crippen LogP contribution < -0.4 is 15.0 Å². The molecule has 6 rings (SSSR count). The predicted molar refractivity (Wildman–Crippen MR) is 124 cm³/mol. The van der Waals surface area contributed by atoms with E-state index in [0.29, 0.717) is 36.1 Å². The molecule has 9 nitrogen and oxygen atoms in total. The fraction of sp³-hybridized carbons (Fsp3) is 0.500. The number of carbonyl (C=O) groups excluding carboxylic acids is 1. The van der Waals surface area contributed by atoms with Crippen LogP contribution in [0, 0.1) is 0 Å². The van der Waals surface area contributed by atoms with Gasteiger partial charge in [-0.3, -0.25) is 4.79 Å². The Morgan fingerprint density at radius 1 is 1.29 bits per heavy atom. The highest BCUT2D eigenvalue weighted by molar-refractivity contribution is 5.95. The molecule has 1 aliphatic carbocycles. The maximum atomic E-state index is 14.4. The second-order valence-corrected chi connectivity index (χ2v) is 9.61. The number of carbonyl (C=O) groups is 1. The standard InChI is InChI=1S/C24H26F2N6O3/c1-13(33)28-21-9-19-18(10-27-21)23(31-11-17-6-14(31)12-34-17)30-32(19)22-8-16(35-15-4-3-5-15)7-20(29-22)24(2,25)26/h7-10,14-15,17H,3-6,11-12H2,1-2H3,(H,27,28,33). The van der Waals surface area contributed by atoms with E-state index in [9.17, 15) is 13.6 Å². The van der Waals surface area contributed by atoms with Crippen LogP contribution in [0.25, 0.3) is 16.7 Å². The van der Waals surface area contributed by atoms with Gasteiger partial charge in [0.2, 0.25) is 5.91 Å². The highest BCUT2D eigenvalue weighted by atomic mass is 19.3. The first-order chi connectivity index (χ1) is 16.7. The normalized spacial score (nSPS) is 22.0. The molecule has 0 spiro atoms.